The maximum atomic E-state index is 12.9. The number of likely N-dealkylation sites (tertiary alicyclic amines) is 1. The maximum absolute atomic E-state index is 12.9. The molecule has 0 unspecified atom stereocenters. The largest absolute Gasteiger partial charge is 0.416 e. The second-order valence-electron chi connectivity index (χ2n) is 10.8. The van der Waals surface area contributed by atoms with Gasteiger partial charge < -0.3 is 15.5 Å². The van der Waals surface area contributed by atoms with Crippen LogP contribution in [-0.2, 0) is 17.5 Å². The molecule has 1 saturated carbocycles. The summed E-state index contributed by atoms with van der Waals surface area (Å²) in [5, 5.41) is 5.39. The Hall–Kier alpha value is -2.91. The van der Waals surface area contributed by atoms with Crippen LogP contribution in [0.25, 0.3) is 0 Å². The zero-order chi connectivity index (χ0) is 27.3. The van der Waals surface area contributed by atoms with Gasteiger partial charge >= 0.3 is 6.18 Å². The lowest BCUT2D eigenvalue weighted by atomic mass is 9.81. The van der Waals surface area contributed by atoms with E-state index in [1.807, 2.05) is 0 Å². The molecule has 38 heavy (non-hydrogen) atoms. The zero-order valence-electron chi connectivity index (χ0n) is 22.1. The summed E-state index contributed by atoms with van der Waals surface area (Å²) in [4.78, 5) is 29.3. The first-order valence-corrected chi connectivity index (χ1v) is 13.3. The fraction of sp³-hybridized carbons (Fsp3) is 0.517. The number of hydrogen-bond donors (Lipinski definition) is 2. The molecule has 2 aliphatic rings. The van der Waals surface area contributed by atoms with Crippen LogP contribution in [0.4, 0.5) is 13.2 Å². The number of hydrogen-bond acceptors (Lipinski definition) is 4. The van der Waals surface area contributed by atoms with E-state index in [9.17, 15) is 22.8 Å². The molecule has 0 aromatic heterocycles. The first kappa shape index (κ1) is 28.1. The van der Waals surface area contributed by atoms with Gasteiger partial charge in [-0.3, -0.25) is 14.5 Å². The van der Waals surface area contributed by atoms with Crippen molar-refractivity contribution in [1.29, 1.82) is 0 Å². The summed E-state index contributed by atoms with van der Waals surface area (Å²) in [6.07, 6.45) is 0.911. The molecular weight excluding hydrogens is 493 g/mol. The summed E-state index contributed by atoms with van der Waals surface area (Å²) in [7, 11) is 4.15. The molecule has 1 aliphatic heterocycles. The quantitative estimate of drug-likeness (QED) is 0.531. The highest BCUT2D eigenvalue weighted by molar-refractivity contribution is 5.96. The highest BCUT2D eigenvalue weighted by Gasteiger charge is 2.33. The minimum atomic E-state index is -4.53. The first-order chi connectivity index (χ1) is 18.1. The maximum Gasteiger partial charge on any atom is 0.416 e. The summed E-state index contributed by atoms with van der Waals surface area (Å²) in [6, 6.07) is 13.7. The van der Waals surface area contributed by atoms with Crippen molar-refractivity contribution in [3.05, 3.63) is 70.8 Å². The normalized spacial score (nSPS) is 22.4. The Balaban J connectivity index is 1.18. The molecule has 2 aromatic carbocycles. The summed E-state index contributed by atoms with van der Waals surface area (Å²) in [6.45, 7) is 2.38. The number of carbonyl (C=O) groups excluding carboxylic acids is 2. The Labute approximate surface area is 222 Å². The topological polar surface area (TPSA) is 64.7 Å². The summed E-state index contributed by atoms with van der Waals surface area (Å²) >= 11 is 0. The molecule has 0 bridgehead atoms. The third-order valence-corrected chi connectivity index (χ3v) is 7.61. The van der Waals surface area contributed by atoms with E-state index in [1.54, 1.807) is 0 Å². The van der Waals surface area contributed by atoms with Gasteiger partial charge in [0.25, 0.3) is 5.91 Å². The van der Waals surface area contributed by atoms with Gasteiger partial charge in [-0.15, -0.1) is 0 Å². The Morgan fingerprint density at radius 3 is 2.37 bits per heavy atom. The third kappa shape index (κ3) is 7.57. The molecule has 2 aromatic rings. The Kier molecular flexibility index (Phi) is 9.10. The van der Waals surface area contributed by atoms with Gasteiger partial charge in [-0.05, 0) is 81.4 Å². The highest BCUT2D eigenvalue weighted by atomic mass is 19.4. The fourth-order valence-electron chi connectivity index (χ4n) is 5.65. The van der Waals surface area contributed by atoms with E-state index in [1.165, 1.54) is 23.3 Å². The third-order valence-electron chi connectivity index (χ3n) is 7.61. The van der Waals surface area contributed by atoms with Crippen molar-refractivity contribution in [1.82, 2.24) is 20.4 Å². The van der Waals surface area contributed by atoms with E-state index < -0.39 is 17.6 Å². The molecule has 1 saturated heterocycles. The molecule has 2 N–H and O–H groups in total. The molecule has 1 heterocycles. The van der Waals surface area contributed by atoms with Gasteiger partial charge in [-0.2, -0.15) is 13.2 Å². The van der Waals surface area contributed by atoms with Crippen LogP contribution in [0.5, 0.6) is 0 Å². The predicted molar refractivity (Wildman–Crippen MR) is 141 cm³/mol. The first-order valence-electron chi connectivity index (χ1n) is 13.3. The van der Waals surface area contributed by atoms with Crippen LogP contribution in [-0.4, -0.2) is 67.4 Å². The number of nitrogens with one attached hydrogen (secondary N) is 2. The highest BCUT2D eigenvalue weighted by Crippen LogP contribution is 2.36. The molecule has 2 fully saturated rings. The second kappa shape index (κ2) is 12.3. The van der Waals surface area contributed by atoms with Crippen molar-refractivity contribution < 1.29 is 22.8 Å². The number of benzene rings is 2. The SMILES string of the molecule is CN(C)Cc1ccc(C2CCC(N3CC[C@@H](NC(=O)CNC(=O)c4cccc(C(F)(F)F)c4)C3)CC2)cc1. The molecular formula is C29H37F3N4O2. The molecule has 1 aliphatic carbocycles. The standard InChI is InChI=1S/C29H37F3N4O2/c1-35(2)18-20-6-8-21(9-7-20)22-10-12-26(13-11-22)36-15-14-25(19-36)34-27(37)17-33-28(38)23-4-3-5-24(16-23)29(30,31)32/h3-9,16,22,25-26H,10-15,17-19H2,1-2H3,(H,33,38)(H,34,37)/t22?,25-,26?/m1/s1. The Morgan fingerprint density at radius 1 is 1.00 bits per heavy atom. The van der Waals surface area contributed by atoms with Gasteiger partial charge in [-0.25, -0.2) is 0 Å². The van der Waals surface area contributed by atoms with Crippen LogP contribution in [0.3, 0.4) is 0 Å². The molecule has 4 rings (SSSR count). The molecule has 0 radical (unpaired) electrons. The minimum absolute atomic E-state index is 0.00919. The molecule has 206 valence electrons. The van der Waals surface area contributed by atoms with Crippen LogP contribution in [0.1, 0.15) is 65.1 Å². The molecule has 9 heteroatoms. The van der Waals surface area contributed by atoms with Crippen molar-refractivity contribution >= 4 is 11.8 Å². The number of halogens is 3. The monoisotopic (exact) mass is 530 g/mol. The lowest BCUT2D eigenvalue weighted by Crippen LogP contribution is -2.44. The lowest BCUT2D eigenvalue weighted by Gasteiger charge is -2.35. The minimum Gasteiger partial charge on any atom is -0.350 e. The summed E-state index contributed by atoms with van der Waals surface area (Å²) < 4.78 is 38.6. The van der Waals surface area contributed by atoms with Crippen LogP contribution in [0.15, 0.2) is 48.5 Å². The van der Waals surface area contributed by atoms with E-state index in [0.29, 0.717) is 12.0 Å². The van der Waals surface area contributed by atoms with Crippen LogP contribution >= 0.6 is 0 Å². The Bertz CT molecular complexity index is 1100. The average Bonchev–Trinajstić information content (AvgIpc) is 3.35. The van der Waals surface area contributed by atoms with E-state index in [0.717, 1.165) is 63.9 Å². The fourth-order valence-corrected chi connectivity index (χ4v) is 5.65. The van der Waals surface area contributed by atoms with E-state index in [4.69, 9.17) is 0 Å². The predicted octanol–water partition coefficient (Wildman–Crippen LogP) is 4.41. The van der Waals surface area contributed by atoms with Gasteiger partial charge in [0, 0.05) is 37.3 Å². The number of amides is 2. The number of nitrogens with zero attached hydrogens (tertiary/aromatic N) is 2. The smallest absolute Gasteiger partial charge is 0.350 e. The van der Waals surface area contributed by atoms with Gasteiger partial charge in [-0.1, -0.05) is 30.3 Å². The lowest BCUT2D eigenvalue weighted by molar-refractivity contribution is -0.137. The van der Waals surface area contributed by atoms with Crippen molar-refractivity contribution in [3.63, 3.8) is 0 Å². The van der Waals surface area contributed by atoms with Crippen LogP contribution in [0, 0.1) is 0 Å². The number of carbonyl (C=O) groups is 2. The Morgan fingerprint density at radius 2 is 1.71 bits per heavy atom. The number of rotatable bonds is 8. The van der Waals surface area contributed by atoms with Gasteiger partial charge in [0.2, 0.25) is 5.91 Å². The molecule has 2 amide bonds. The van der Waals surface area contributed by atoms with Crippen molar-refractivity contribution in [3.8, 4) is 0 Å². The summed E-state index contributed by atoms with van der Waals surface area (Å²) in [5.74, 6) is -0.444. The molecule has 1 atom stereocenters. The number of alkyl halides is 3. The second-order valence-corrected chi connectivity index (χ2v) is 10.8. The van der Waals surface area contributed by atoms with Crippen molar-refractivity contribution in [2.75, 3.05) is 33.7 Å². The zero-order valence-corrected chi connectivity index (χ0v) is 22.1. The van der Waals surface area contributed by atoms with E-state index in [2.05, 4.69) is 58.8 Å². The summed E-state index contributed by atoms with van der Waals surface area (Å²) in [5.41, 5.74) is 1.73. The van der Waals surface area contributed by atoms with E-state index in [-0.39, 0.29) is 24.1 Å². The van der Waals surface area contributed by atoms with Crippen LogP contribution < -0.4 is 10.6 Å². The average molecular weight is 531 g/mol. The van der Waals surface area contributed by atoms with Gasteiger partial charge in [0.1, 0.15) is 0 Å². The van der Waals surface area contributed by atoms with Crippen molar-refractivity contribution in [2.24, 2.45) is 0 Å². The van der Waals surface area contributed by atoms with Crippen molar-refractivity contribution in [2.45, 2.75) is 62.8 Å². The van der Waals surface area contributed by atoms with Gasteiger partial charge in [0.05, 0.1) is 12.1 Å². The van der Waals surface area contributed by atoms with Crippen LogP contribution in [0.2, 0.25) is 0 Å². The molecule has 0 spiro atoms. The van der Waals surface area contributed by atoms with Gasteiger partial charge in [0.15, 0.2) is 0 Å². The van der Waals surface area contributed by atoms with E-state index >= 15 is 0 Å². The molecule has 6 nitrogen and oxygen atoms in total.